The fourth-order valence-electron chi connectivity index (χ4n) is 2.35. The largest absolute Gasteiger partial charge is 0.516 e. The van der Waals surface area contributed by atoms with Gasteiger partial charge in [0.15, 0.2) is 5.84 Å². The summed E-state index contributed by atoms with van der Waals surface area (Å²) in [5, 5.41) is 15.0. The number of hydrazone groups is 1. The Bertz CT molecular complexity index is 533. The predicted molar refractivity (Wildman–Crippen MR) is 79.3 cm³/mol. The standard InChI is InChI=1S/C14H20N4O2/c1-10(6-7-19)14(2,20-3)11-4-5-12-13(15)16-9-17-18(12)8-11/h4-7,9-10,19H,8H2,1-3H3,(H2,15,16,17)/b7-6+/t10-,14+/m0/s1. The van der Waals surface area contributed by atoms with Gasteiger partial charge in [-0.25, -0.2) is 4.99 Å². The van der Waals surface area contributed by atoms with Gasteiger partial charge in [0, 0.05) is 13.0 Å². The van der Waals surface area contributed by atoms with Gasteiger partial charge in [-0.15, -0.1) is 0 Å². The fourth-order valence-corrected chi connectivity index (χ4v) is 2.35. The van der Waals surface area contributed by atoms with Gasteiger partial charge in [0.1, 0.15) is 12.0 Å². The molecular weight excluding hydrogens is 256 g/mol. The number of aliphatic hydroxyl groups is 1. The van der Waals surface area contributed by atoms with Crippen LogP contribution in [0.25, 0.3) is 0 Å². The number of hydrogen-bond donors (Lipinski definition) is 2. The second-order valence-corrected chi connectivity index (χ2v) is 4.99. The summed E-state index contributed by atoms with van der Waals surface area (Å²) < 4.78 is 5.70. The number of methoxy groups -OCH3 is 1. The molecule has 0 spiro atoms. The third-order valence-electron chi connectivity index (χ3n) is 4.00. The van der Waals surface area contributed by atoms with Gasteiger partial charge >= 0.3 is 0 Å². The van der Waals surface area contributed by atoms with Crippen LogP contribution in [0.15, 0.2) is 45.9 Å². The number of fused-ring (bicyclic) bond motifs is 1. The van der Waals surface area contributed by atoms with Crippen LogP contribution in [-0.4, -0.2) is 41.5 Å². The van der Waals surface area contributed by atoms with Gasteiger partial charge in [0.25, 0.3) is 0 Å². The van der Waals surface area contributed by atoms with E-state index in [9.17, 15) is 0 Å². The highest BCUT2D eigenvalue weighted by Gasteiger charge is 2.36. The molecule has 0 amide bonds. The van der Waals surface area contributed by atoms with E-state index in [1.165, 1.54) is 6.34 Å². The molecule has 0 aliphatic carbocycles. The molecule has 0 aromatic heterocycles. The third kappa shape index (κ3) is 2.34. The molecule has 2 aliphatic heterocycles. The summed E-state index contributed by atoms with van der Waals surface area (Å²) in [7, 11) is 1.66. The molecule has 20 heavy (non-hydrogen) atoms. The summed E-state index contributed by atoms with van der Waals surface area (Å²) in [6.07, 6.45) is 8.08. The average molecular weight is 276 g/mol. The maximum absolute atomic E-state index is 8.98. The molecule has 2 aliphatic rings. The van der Waals surface area contributed by atoms with Crippen molar-refractivity contribution in [1.82, 2.24) is 5.01 Å². The summed E-state index contributed by atoms with van der Waals surface area (Å²) in [4.78, 5) is 3.97. The summed E-state index contributed by atoms with van der Waals surface area (Å²) in [5.74, 6) is 0.469. The number of aliphatic hydroxyl groups excluding tert-OH is 1. The van der Waals surface area contributed by atoms with Crippen molar-refractivity contribution in [1.29, 1.82) is 0 Å². The molecule has 0 saturated heterocycles. The highest BCUT2D eigenvalue weighted by molar-refractivity contribution is 6.02. The third-order valence-corrected chi connectivity index (χ3v) is 4.00. The maximum Gasteiger partial charge on any atom is 0.150 e. The minimum absolute atomic E-state index is 0.0125. The fraction of sp³-hybridized carbons (Fsp3) is 0.429. The Balaban J connectivity index is 2.34. The van der Waals surface area contributed by atoms with E-state index in [0.29, 0.717) is 12.4 Å². The van der Waals surface area contributed by atoms with Crippen molar-refractivity contribution < 1.29 is 9.84 Å². The van der Waals surface area contributed by atoms with E-state index in [4.69, 9.17) is 15.6 Å². The molecule has 0 bridgehead atoms. The van der Waals surface area contributed by atoms with Gasteiger partial charge in [0.2, 0.25) is 0 Å². The van der Waals surface area contributed by atoms with E-state index < -0.39 is 5.60 Å². The van der Waals surface area contributed by atoms with Gasteiger partial charge in [-0.05, 0) is 24.6 Å². The second-order valence-electron chi connectivity index (χ2n) is 4.99. The van der Waals surface area contributed by atoms with Crippen LogP contribution in [0.1, 0.15) is 13.8 Å². The van der Waals surface area contributed by atoms with Crippen LogP contribution in [0.3, 0.4) is 0 Å². The van der Waals surface area contributed by atoms with E-state index in [2.05, 4.69) is 10.1 Å². The number of allylic oxidation sites excluding steroid dienone is 2. The Morgan fingerprint density at radius 3 is 2.95 bits per heavy atom. The van der Waals surface area contributed by atoms with E-state index in [1.54, 1.807) is 18.2 Å². The van der Waals surface area contributed by atoms with E-state index >= 15 is 0 Å². The van der Waals surface area contributed by atoms with Crippen LogP contribution in [0.5, 0.6) is 0 Å². The smallest absolute Gasteiger partial charge is 0.150 e. The first-order valence-electron chi connectivity index (χ1n) is 6.44. The SMILES string of the molecule is CO[C@@](C)(C1=CC=C2C(N)=NC=NN2C1)[C@@H](C)/C=C/O. The van der Waals surface area contributed by atoms with Crippen LogP contribution in [0, 0.1) is 5.92 Å². The molecule has 0 fully saturated rings. The van der Waals surface area contributed by atoms with E-state index in [0.717, 1.165) is 17.5 Å². The van der Waals surface area contributed by atoms with Crippen molar-refractivity contribution in [2.45, 2.75) is 19.4 Å². The Hall–Kier alpha value is -2.08. The van der Waals surface area contributed by atoms with Crippen molar-refractivity contribution in [2.24, 2.45) is 21.7 Å². The minimum atomic E-state index is -0.528. The molecule has 3 N–H and O–H groups in total. The summed E-state index contributed by atoms with van der Waals surface area (Å²) in [6, 6.07) is 0. The summed E-state index contributed by atoms with van der Waals surface area (Å²) >= 11 is 0. The number of ether oxygens (including phenoxy) is 1. The lowest BCUT2D eigenvalue weighted by atomic mass is 9.82. The number of nitrogens with zero attached hydrogens (tertiary/aromatic N) is 3. The molecular formula is C14H20N4O2. The van der Waals surface area contributed by atoms with Crippen molar-refractivity contribution in [2.75, 3.05) is 13.7 Å². The molecule has 0 aromatic rings. The molecule has 2 atom stereocenters. The molecule has 108 valence electrons. The zero-order valence-corrected chi connectivity index (χ0v) is 11.9. The Morgan fingerprint density at radius 1 is 1.55 bits per heavy atom. The zero-order chi connectivity index (χ0) is 14.8. The lowest BCUT2D eigenvalue weighted by molar-refractivity contribution is 0.00363. The first kappa shape index (κ1) is 14.3. The lowest BCUT2D eigenvalue weighted by Crippen LogP contribution is -2.43. The molecule has 0 unspecified atom stereocenters. The van der Waals surface area contributed by atoms with Crippen molar-refractivity contribution in [3.63, 3.8) is 0 Å². The zero-order valence-electron chi connectivity index (χ0n) is 11.9. The Kier molecular flexibility index (Phi) is 3.94. The number of hydrogen-bond acceptors (Lipinski definition) is 6. The molecule has 0 radical (unpaired) electrons. The van der Waals surface area contributed by atoms with Crippen LogP contribution in [0.2, 0.25) is 0 Å². The number of rotatable bonds is 4. The van der Waals surface area contributed by atoms with Gasteiger partial charge in [-0.1, -0.05) is 13.0 Å². The maximum atomic E-state index is 8.98. The molecule has 6 heteroatoms. The molecule has 6 nitrogen and oxygen atoms in total. The average Bonchev–Trinajstić information content (AvgIpc) is 2.46. The Morgan fingerprint density at radius 2 is 2.30 bits per heavy atom. The second kappa shape index (κ2) is 5.50. The van der Waals surface area contributed by atoms with Gasteiger partial charge in [-0.2, -0.15) is 5.10 Å². The van der Waals surface area contributed by atoms with E-state index in [-0.39, 0.29) is 5.92 Å². The molecule has 2 heterocycles. The number of amidine groups is 1. The van der Waals surface area contributed by atoms with Crippen LogP contribution in [-0.2, 0) is 4.74 Å². The lowest BCUT2D eigenvalue weighted by Gasteiger charge is -2.39. The first-order chi connectivity index (χ1) is 9.52. The van der Waals surface area contributed by atoms with Crippen molar-refractivity contribution in [3.8, 4) is 0 Å². The van der Waals surface area contributed by atoms with Crippen LogP contribution >= 0.6 is 0 Å². The first-order valence-corrected chi connectivity index (χ1v) is 6.44. The highest BCUT2D eigenvalue weighted by atomic mass is 16.5. The highest BCUT2D eigenvalue weighted by Crippen LogP contribution is 2.34. The molecule has 0 aromatic carbocycles. The monoisotopic (exact) mass is 276 g/mol. The van der Waals surface area contributed by atoms with Gasteiger partial charge in [0.05, 0.1) is 18.4 Å². The quantitative estimate of drug-likeness (QED) is 0.763. The van der Waals surface area contributed by atoms with Crippen molar-refractivity contribution >= 4 is 12.2 Å². The number of aliphatic imine (C=N–C) groups is 1. The predicted octanol–water partition coefficient (Wildman–Crippen LogP) is 1.54. The summed E-state index contributed by atoms with van der Waals surface area (Å²) in [6.45, 7) is 4.56. The molecule has 0 saturated carbocycles. The van der Waals surface area contributed by atoms with E-state index in [1.807, 2.05) is 26.0 Å². The normalized spacial score (nSPS) is 22.8. The van der Waals surface area contributed by atoms with Crippen LogP contribution < -0.4 is 5.73 Å². The molecule has 2 rings (SSSR count). The van der Waals surface area contributed by atoms with Crippen LogP contribution in [0.4, 0.5) is 0 Å². The van der Waals surface area contributed by atoms with Gasteiger partial charge in [-0.3, -0.25) is 5.01 Å². The summed E-state index contributed by atoms with van der Waals surface area (Å²) in [5.41, 5.74) is 7.15. The topological polar surface area (TPSA) is 83.4 Å². The number of nitrogens with two attached hydrogens (primary N) is 1. The van der Waals surface area contributed by atoms with Crippen molar-refractivity contribution in [3.05, 3.63) is 35.8 Å². The van der Waals surface area contributed by atoms with Gasteiger partial charge < -0.3 is 15.6 Å². The minimum Gasteiger partial charge on any atom is -0.516 e. The Labute approximate surface area is 118 Å².